The second kappa shape index (κ2) is 7.83. The fraction of sp³-hybridized carbons (Fsp3) is 0.286. The fourth-order valence-corrected chi connectivity index (χ4v) is 3.61. The van der Waals surface area contributed by atoms with Gasteiger partial charge in [-0.2, -0.15) is 4.98 Å². The van der Waals surface area contributed by atoms with Crippen LogP contribution >= 0.6 is 0 Å². The van der Waals surface area contributed by atoms with Crippen molar-refractivity contribution in [2.75, 3.05) is 13.1 Å². The lowest BCUT2D eigenvalue weighted by molar-refractivity contribution is -0.385. The standard InChI is InChI=1S/C21H20N4O4/c1-14-13-17(7-8-18(14)25(27)28)21(26)24-11-9-16(10-12-24)20-22-19(23-29-20)15-5-3-2-4-6-15/h2-8,13,16H,9-12H2,1H3. The number of nitro groups is 1. The number of carbonyl (C=O) groups is 1. The highest BCUT2D eigenvalue weighted by Crippen LogP contribution is 2.29. The van der Waals surface area contributed by atoms with Gasteiger partial charge in [0.25, 0.3) is 11.6 Å². The van der Waals surface area contributed by atoms with E-state index in [0.29, 0.717) is 35.9 Å². The highest BCUT2D eigenvalue weighted by atomic mass is 16.6. The first-order chi connectivity index (χ1) is 14.0. The van der Waals surface area contributed by atoms with Crippen molar-refractivity contribution in [3.05, 3.63) is 75.7 Å². The van der Waals surface area contributed by atoms with E-state index >= 15 is 0 Å². The number of piperidine rings is 1. The van der Waals surface area contributed by atoms with Gasteiger partial charge in [-0.3, -0.25) is 14.9 Å². The number of aromatic nitrogens is 2. The minimum atomic E-state index is -0.441. The summed E-state index contributed by atoms with van der Waals surface area (Å²) in [5, 5.41) is 15.0. The monoisotopic (exact) mass is 392 g/mol. The zero-order chi connectivity index (χ0) is 20.4. The van der Waals surface area contributed by atoms with Crippen LogP contribution in [0.1, 0.15) is 40.6 Å². The highest BCUT2D eigenvalue weighted by molar-refractivity contribution is 5.94. The second-order valence-corrected chi connectivity index (χ2v) is 7.15. The molecule has 8 heteroatoms. The van der Waals surface area contributed by atoms with Gasteiger partial charge in [0, 0.05) is 41.8 Å². The molecule has 4 rings (SSSR count). The first-order valence-electron chi connectivity index (χ1n) is 9.46. The summed E-state index contributed by atoms with van der Waals surface area (Å²) in [5.41, 5.74) is 1.88. The largest absolute Gasteiger partial charge is 0.339 e. The Morgan fingerprint density at radius 1 is 1.17 bits per heavy atom. The molecule has 0 aliphatic carbocycles. The van der Waals surface area contributed by atoms with E-state index in [1.165, 1.54) is 12.1 Å². The maximum absolute atomic E-state index is 12.8. The molecule has 1 aromatic heterocycles. The molecule has 0 bridgehead atoms. The highest BCUT2D eigenvalue weighted by Gasteiger charge is 2.28. The van der Waals surface area contributed by atoms with Crippen LogP contribution in [0, 0.1) is 17.0 Å². The Morgan fingerprint density at radius 2 is 1.90 bits per heavy atom. The van der Waals surface area contributed by atoms with Crippen molar-refractivity contribution in [3.8, 4) is 11.4 Å². The number of nitrogens with zero attached hydrogens (tertiary/aromatic N) is 4. The Hall–Kier alpha value is -3.55. The minimum absolute atomic E-state index is 0.0193. The second-order valence-electron chi connectivity index (χ2n) is 7.15. The van der Waals surface area contributed by atoms with E-state index in [-0.39, 0.29) is 17.5 Å². The van der Waals surface area contributed by atoms with Crippen molar-refractivity contribution in [1.29, 1.82) is 0 Å². The van der Waals surface area contributed by atoms with Crippen molar-refractivity contribution in [3.63, 3.8) is 0 Å². The molecule has 1 aliphatic heterocycles. The van der Waals surface area contributed by atoms with Crippen molar-refractivity contribution in [2.24, 2.45) is 0 Å². The average Bonchev–Trinajstić information content (AvgIpc) is 3.24. The Balaban J connectivity index is 1.41. The Kier molecular flexibility index (Phi) is 5.07. The summed E-state index contributed by atoms with van der Waals surface area (Å²) in [6.45, 7) is 2.78. The first kappa shape index (κ1) is 18.8. The maximum Gasteiger partial charge on any atom is 0.272 e. The summed E-state index contributed by atoms with van der Waals surface area (Å²) in [6.07, 6.45) is 1.46. The summed E-state index contributed by atoms with van der Waals surface area (Å²) in [5.74, 6) is 1.17. The van der Waals surface area contributed by atoms with E-state index in [4.69, 9.17) is 4.52 Å². The number of hydrogen-bond acceptors (Lipinski definition) is 6. The third-order valence-electron chi connectivity index (χ3n) is 5.25. The molecule has 2 heterocycles. The number of nitro benzene ring substituents is 1. The number of carbonyl (C=O) groups excluding carboxylic acids is 1. The molecule has 1 fully saturated rings. The molecule has 0 unspecified atom stereocenters. The van der Waals surface area contributed by atoms with Gasteiger partial charge in [-0.15, -0.1) is 0 Å². The summed E-state index contributed by atoms with van der Waals surface area (Å²) >= 11 is 0. The molecule has 0 spiro atoms. The molecule has 0 radical (unpaired) electrons. The van der Waals surface area contributed by atoms with E-state index in [9.17, 15) is 14.9 Å². The Labute approximate surface area is 167 Å². The molecule has 3 aromatic rings. The SMILES string of the molecule is Cc1cc(C(=O)N2CCC(c3nc(-c4ccccc4)no3)CC2)ccc1[N+](=O)[O-]. The third kappa shape index (κ3) is 3.87. The van der Waals surface area contributed by atoms with Crippen molar-refractivity contribution in [2.45, 2.75) is 25.7 Å². The van der Waals surface area contributed by atoms with Crippen molar-refractivity contribution >= 4 is 11.6 Å². The minimum Gasteiger partial charge on any atom is -0.339 e. The summed E-state index contributed by atoms with van der Waals surface area (Å²) in [4.78, 5) is 29.6. The van der Waals surface area contributed by atoms with Crippen LogP contribution in [0.3, 0.4) is 0 Å². The maximum atomic E-state index is 12.8. The quantitative estimate of drug-likeness (QED) is 0.492. The van der Waals surface area contributed by atoms with Crippen LogP contribution < -0.4 is 0 Å². The van der Waals surface area contributed by atoms with Gasteiger partial charge in [0.2, 0.25) is 11.7 Å². The van der Waals surface area contributed by atoms with Crippen LogP contribution in [0.25, 0.3) is 11.4 Å². The van der Waals surface area contributed by atoms with Crippen LogP contribution in [0.2, 0.25) is 0 Å². The van der Waals surface area contributed by atoms with Gasteiger partial charge in [-0.05, 0) is 31.9 Å². The molecule has 148 valence electrons. The first-order valence-corrected chi connectivity index (χ1v) is 9.46. The van der Waals surface area contributed by atoms with Gasteiger partial charge in [-0.25, -0.2) is 0 Å². The lowest BCUT2D eigenvalue weighted by Gasteiger charge is -2.30. The van der Waals surface area contributed by atoms with Gasteiger partial charge >= 0.3 is 0 Å². The summed E-state index contributed by atoms with van der Waals surface area (Å²) < 4.78 is 5.46. The van der Waals surface area contributed by atoms with Gasteiger partial charge in [0.15, 0.2) is 0 Å². The number of aryl methyl sites for hydroxylation is 1. The predicted octanol–water partition coefficient (Wildman–Crippen LogP) is 3.97. The van der Waals surface area contributed by atoms with E-state index < -0.39 is 4.92 Å². The number of benzene rings is 2. The van der Waals surface area contributed by atoms with Crippen LogP contribution in [-0.4, -0.2) is 39.0 Å². The molecule has 2 aromatic carbocycles. The topological polar surface area (TPSA) is 102 Å². The van der Waals surface area contributed by atoms with E-state index in [1.807, 2.05) is 30.3 Å². The van der Waals surface area contributed by atoms with Crippen molar-refractivity contribution in [1.82, 2.24) is 15.0 Å². The van der Waals surface area contributed by atoms with Crippen LogP contribution in [-0.2, 0) is 0 Å². The van der Waals surface area contributed by atoms with Gasteiger partial charge in [0.1, 0.15) is 0 Å². The molecular weight excluding hydrogens is 372 g/mol. The molecule has 1 amide bonds. The van der Waals surface area contributed by atoms with Gasteiger partial charge < -0.3 is 9.42 Å². The predicted molar refractivity (Wildman–Crippen MR) is 105 cm³/mol. The summed E-state index contributed by atoms with van der Waals surface area (Å²) in [6, 6.07) is 14.1. The van der Waals surface area contributed by atoms with Crippen molar-refractivity contribution < 1.29 is 14.2 Å². The lowest BCUT2D eigenvalue weighted by atomic mass is 9.96. The fourth-order valence-electron chi connectivity index (χ4n) is 3.61. The third-order valence-corrected chi connectivity index (χ3v) is 5.25. The van der Waals surface area contributed by atoms with E-state index in [1.54, 1.807) is 17.9 Å². The molecule has 1 aliphatic rings. The molecule has 0 N–H and O–H groups in total. The van der Waals surface area contributed by atoms with Crippen LogP contribution in [0.4, 0.5) is 5.69 Å². The van der Waals surface area contributed by atoms with Gasteiger partial charge in [-0.1, -0.05) is 35.5 Å². The smallest absolute Gasteiger partial charge is 0.272 e. The Morgan fingerprint density at radius 3 is 2.55 bits per heavy atom. The molecule has 8 nitrogen and oxygen atoms in total. The molecular formula is C21H20N4O4. The molecule has 29 heavy (non-hydrogen) atoms. The van der Waals surface area contributed by atoms with E-state index in [2.05, 4.69) is 10.1 Å². The number of hydrogen-bond donors (Lipinski definition) is 0. The summed E-state index contributed by atoms with van der Waals surface area (Å²) in [7, 11) is 0. The van der Waals surface area contributed by atoms with Gasteiger partial charge in [0.05, 0.1) is 4.92 Å². The zero-order valence-corrected chi connectivity index (χ0v) is 15.9. The number of amides is 1. The normalized spacial score (nSPS) is 14.7. The molecule has 0 atom stereocenters. The molecule has 0 saturated carbocycles. The zero-order valence-electron chi connectivity index (χ0n) is 15.9. The lowest BCUT2D eigenvalue weighted by Crippen LogP contribution is -2.38. The number of rotatable bonds is 4. The van der Waals surface area contributed by atoms with E-state index in [0.717, 1.165) is 18.4 Å². The van der Waals surface area contributed by atoms with Crippen LogP contribution in [0.15, 0.2) is 53.1 Å². The molecule has 1 saturated heterocycles. The van der Waals surface area contributed by atoms with Crippen LogP contribution in [0.5, 0.6) is 0 Å². The average molecular weight is 392 g/mol. The Bertz CT molecular complexity index is 1040. The number of likely N-dealkylation sites (tertiary alicyclic amines) is 1.